The molecule has 0 bridgehead atoms. The number of carbonyl (C=O) groups is 1. The number of benzene rings is 1. The minimum absolute atomic E-state index is 0.206. The summed E-state index contributed by atoms with van der Waals surface area (Å²) in [4.78, 5) is 20.7. The van der Waals surface area contributed by atoms with E-state index >= 15 is 0 Å². The summed E-state index contributed by atoms with van der Waals surface area (Å²) in [5.41, 5.74) is 8.15. The van der Waals surface area contributed by atoms with E-state index in [0.717, 1.165) is 45.0 Å². The van der Waals surface area contributed by atoms with Crippen molar-refractivity contribution in [3.8, 4) is 0 Å². The van der Waals surface area contributed by atoms with Gasteiger partial charge in [0, 0.05) is 39.6 Å². The first kappa shape index (κ1) is 21.6. The number of primary amides is 1. The number of rotatable bonds is 6. The second-order valence-electron chi connectivity index (χ2n) is 8.48. The van der Waals surface area contributed by atoms with Gasteiger partial charge in [-0.15, -0.1) is 0 Å². The number of carbonyl (C=O) groups excluding carboxylic acids is 1. The molecule has 3 N–H and O–H groups in total. The topological polar surface area (TPSA) is 74.0 Å². The van der Waals surface area contributed by atoms with Crippen molar-refractivity contribution in [1.82, 2.24) is 15.1 Å². The predicted octanol–water partition coefficient (Wildman–Crippen LogP) is 2.73. The Morgan fingerprint density at radius 2 is 1.83 bits per heavy atom. The van der Waals surface area contributed by atoms with Gasteiger partial charge in [0.15, 0.2) is 5.96 Å². The highest BCUT2D eigenvalue weighted by Gasteiger charge is 2.23. The molecule has 2 fully saturated rings. The lowest BCUT2D eigenvalue weighted by Crippen LogP contribution is -2.47. The molecule has 1 unspecified atom stereocenters. The van der Waals surface area contributed by atoms with Gasteiger partial charge in [-0.1, -0.05) is 37.1 Å². The van der Waals surface area contributed by atoms with Crippen molar-refractivity contribution in [3.05, 3.63) is 35.4 Å². The van der Waals surface area contributed by atoms with E-state index in [0.29, 0.717) is 12.3 Å². The number of aliphatic imine (C=N–C) groups is 1. The molecule has 1 atom stereocenters. The van der Waals surface area contributed by atoms with Crippen molar-refractivity contribution < 1.29 is 4.79 Å². The van der Waals surface area contributed by atoms with Crippen LogP contribution in [0.15, 0.2) is 29.3 Å². The van der Waals surface area contributed by atoms with Crippen molar-refractivity contribution in [2.75, 3.05) is 33.2 Å². The second kappa shape index (κ2) is 11.2. The van der Waals surface area contributed by atoms with Crippen molar-refractivity contribution in [3.63, 3.8) is 0 Å². The Morgan fingerprint density at radius 3 is 2.52 bits per heavy atom. The number of likely N-dealkylation sites (tertiary alicyclic amines) is 2. The van der Waals surface area contributed by atoms with Gasteiger partial charge in [0.1, 0.15) is 0 Å². The van der Waals surface area contributed by atoms with E-state index in [4.69, 9.17) is 5.73 Å². The Kier molecular flexibility index (Phi) is 8.35. The Bertz CT molecular complexity index is 682. The van der Waals surface area contributed by atoms with Crippen LogP contribution in [0.25, 0.3) is 0 Å². The van der Waals surface area contributed by atoms with Crippen molar-refractivity contribution >= 4 is 11.9 Å². The van der Waals surface area contributed by atoms with Crippen LogP contribution in [0.4, 0.5) is 0 Å². The van der Waals surface area contributed by atoms with Crippen molar-refractivity contribution in [1.29, 1.82) is 0 Å². The summed E-state index contributed by atoms with van der Waals surface area (Å²) in [6.07, 6.45) is 7.96. The average molecular weight is 400 g/mol. The third-order valence-electron chi connectivity index (χ3n) is 6.17. The smallest absolute Gasteiger partial charge is 0.217 e. The van der Waals surface area contributed by atoms with Crippen LogP contribution < -0.4 is 11.1 Å². The van der Waals surface area contributed by atoms with Crippen molar-refractivity contribution in [2.45, 2.75) is 58.0 Å². The van der Waals surface area contributed by atoms with E-state index in [1.54, 1.807) is 0 Å². The molecule has 2 saturated heterocycles. The number of nitrogens with two attached hydrogens (primary N) is 1. The highest BCUT2D eigenvalue weighted by atomic mass is 16.1. The zero-order valence-corrected chi connectivity index (χ0v) is 17.9. The van der Waals surface area contributed by atoms with E-state index < -0.39 is 0 Å². The molecule has 2 heterocycles. The van der Waals surface area contributed by atoms with Crippen molar-refractivity contribution in [2.24, 2.45) is 16.6 Å². The van der Waals surface area contributed by atoms with E-state index in [1.165, 1.54) is 49.9 Å². The maximum absolute atomic E-state index is 11.3. The highest BCUT2D eigenvalue weighted by molar-refractivity contribution is 5.80. The van der Waals surface area contributed by atoms with Gasteiger partial charge in [-0.2, -0.15) is 0 Å². The van der Waals surface area contributed by atoms with Gasteiger partial charge in [-0.05, 0) is 55.8 Å². The Labute approximate surface area is 175 Å². The SMILES string of the molecule is CN=C(NCc1ccccc1CN1CCCCCC1)N1CCCC(CC(N)=O)C1. The number of nitrogens with zero attached hydrogens (tertiary/aromatic N) is 3. The summed E-state index contributed by atoms with van der Waals surface area (Å²) in [6.45, 7) is 6.04. The Morgan fingerprint density at radius 1 is 1.10 bits per heavy atom. The maximum atomic E-state index is 11.3. The van der Waals surface area contributed by atoms with Crippen LogP contribution in [0.3, 0.4) is 0 Å². The third kappa shape index (κ3) is 6.74. The number of amides is 1. The highest BCUT2D eigenvalue weighted by Crippen LogP contribution is 2.20. The predicted molar refractivity (Wildman–Crippen MR) is 118 cm³/mol. The quantitative estimate of drug-likeness (QED) is 0.570. The van der Waals surface area contributed by atoms with Gasteiger partial charge < -0.3 is 16.0 Å². The van der Waals surface area contributed by atoms with Gasteiger partial charge in [0.2, 0.25) is 5.91 Å². The molecule has 3 rings (SSSR count). The van der Waals surface area contributed by atoms with Gasteiger partial charge in [-0.25, -0.2) is 0 Å². The number of piperidine rings is 1. The largest absolute Gasteiger partial charge is 0.370 e. The monoisotopic (exact) mass is 399 g/mol. The molecule has 6 nitrogen and oxygen atoms in total. The molecule has 0 saturated carbocycles. The summed E-state index contributed by atoms with van der Waals surface area (Å²) < 4.78 is 0. The lowest BCUT2D eigenvalue weighted by Gasteiger charge is -2.34. The fourth-order valence-electron chi connectivity index (χ4n) is 4.63. The first-order valence-electron chi connectivity index (χ1n) is 11.2. The zero-order chi connectivity index (χ0) is 20.5. The molecule has 1 amide bonds. The average Bonchev–Trinajstić information content (AvgIpc) is 2.98. The van der Waals surface area contributed by atoms with Gasteiger partial charge in [-0.3, -0.25) is 14.7 Å². The van der Waals surface area contributed by atoms with Crippen LogP contribution in [-0.4, -0.2) is 54.9 Å². The minimum atomic E-state index is -0.206. The normalized spacial score (nSPS) is 21.6. The molecule has 0 radical (unpaired) electrons. The lowest BCUT2D eigenvalue weighted by atomic mass is 9.95. The fraction of sp³-hybridized carbons (Fsp3) is 0.652. The second-order valence-corrected chi connectivity index (χ2v) is 8.48. The van der Waals surface area contributed by atoms with Gasteiger partial charge in [0.25, 0.3) is 0 Å². The molecule has 1 aromatic carbocycles. The molecular formula is C23H37N5O. The van der Waals surface area contributed by atoms with Gasteiger partial charge >= 0.3 is 0 Å². The first-order valence-corrected chi connectivity index (χ1v) is 11.2. The molecule has 0 aromatic heterocycles. The number of hydrogen-bond acceptors (Lipinski definition) is 3. The van der Waals surface area contributed by atoms with E-state index in [2.05, 4.69) is 44.4 Å². The zero-order valence-electron chi connectivity index (χ0n) is 17.9. The van der Waals surface area contributed by atoms with Crippen LogP contribution in [0.5, 0.6) is 0 Å². The third-order valence-corrected chi connectivity index (χ3v) is 6.17. The van der Waals surface area contributed by atoms with Gasteiger partial charge in [0.05, 0.1) is 0 Å². The molecule has 1 aromatic rings. The molecular weight excluding hydrogens is 362 g/mol. The standard InChI is InChI=1S/C23H37N5O/c1-25-23(28-14-8-9-19(17-28)15-22(24)29)26-16-20-10-4-5-11-21(20)18-27-12-6-2-3-7-13-27/h4-5,10-11,19H,2-3,6-9,12-18H2,1H3,(H2,24,29)(H,25,26). The maximum Gasteiger partial charge on any atom is 0.217 e. The van der Waals surface area contributed by atoms with Crippen LogP contribution in [0.1, 0.15) is 56.1 Å². The first-order chi connectivity index (χ1) is 14.2. The number of nitrogens with one attached hydrogen (secondary N) is 1. The molecule has 29 heavy (non-hydrogen) atoms. The molecule has 6 heteroatoms. The van der Waals surface area contributed by atoms with E-state index in [-0.39, 0.29) is 5.91 Å². The van der Waals surface area contributed by atoms with Crippen LogP contribution in [-0.2, 0) is 17.9 Å². The molecule has 2 aliphatic rings. The van der Waals surface area contributed by atoms with Crippen LogP contribution >= 0.6 is 0 Å². The summed E-state index contributed by atoms with van der Waals surface area (Å²) in [7, 11) is 1.84. The number of guanidine groups is 1. The van der Waals surface area contributed by atoms with E-state index in [1.807, 2.05) is 7.05 Å². The molecule has 160 valence electrons. The summed E-state index contributed by atoms with van der Waals surface area (Å²) >= 11 is 0. The molecule has 0 spiro atoms. The summed E-state index contributed by atoms with van der Waals surface area (Å²) in [5, 5.41) is 3.56. The summed E-state index contributed by atoms with van der Waals surface area (Å²) in [5.74, 6) is 1.04. The fourth-order valence-corrected chi connectivity index (χ4v) is 4.63. The van der Waals surface area contributed by atoms with E-state index in [9.17, 15) is 4.79 Å². The minimum Gasteiger partial charge on any atom is -0.370 e. The summed E-state index contributed by atoms with van der Waals surface area (Å²) in [6, 6.07) is 8.74. The van der Waals surface area contributed by atoms with Crippen LogP contribution in [0, 0.1) is 5.92 Å². The molecule has 2 aliphatic heterocycles. The Hall–Kier alpha value is -2.08. The number of hydrogen-bond donors (Lipinski definition) is 2. The Balaban J connectivity index is 1.58. The lowest BCUT2D eigenvalue weighted by molar-refractivity contribution is -0.119. The molecule has 0 aliphatic carbocycles. The van der Waals surface area contributed by atoms with Crippen LogP contribution in [0.2, 0.25) is 0 Å².